The number of aryl methyl sites for hydroxylation is 1. The molecular formula is C18H15FS. The van der Waals surface area contributed by atoms with Crippen molar-refractivity contribution in [2.45, 2.75) is 11.8 Å². The highest BCUT2D eigenvalue weighted by molar-refractivity contribution is 7.98. The number of benzene rings is 3. The molecule has 0 nitrogen and oxygen atoms in total. The third kappa shape index (κ3) is 2.20. The summed E-state index contributed by atoms with van der Waals surface area (Å²) in [6.45, 7) is 2.06. The molecule has 0 saturated heterocycles. The van der Waals surface area contributed by atoms with Crippen molar-refractivity contribution in [1.82, 2.24) is 0 Å². The fourth-order valence-corrected chi connectivity index (χ4v) is 3.22. The van der Waals surface area contributed by atoms with E-state index in [1.807, 2.05) is 48.7 Å². The Labute approximate surface area is 122 Å². The van der Waals surface area contributed by atoms with Gasteiger partial charge in [0.1, 0.15) is 5.82 Å². The quantitative estimate of drug-likeness (QED) is 0.545. The summed E-state index contributed by atoms with van der Waals surface area (Å²) in [7, 11) is 0. The summed E-state index contributed by atoms with van der Waals surface area (Å²) < 4.78 is 14.4. The zero-order chi connectivity index (χ0) is 14.1. The maximum absolute atomic E-state index is 14.4. The molecule has 0 aromatic heterocycles. The summed E-state index contributed by atoms with van der Waals surface area (Å²) in [5.41, 5.74) is 2.86. The second-order valence-corrected chi connectivity index (χ2v) is 5.70. The summed E-state index contributed by atoms with van der Waals surface area (Å²) in [5.74, 6) is -0.164. The molecule has 0 unspecified atom stereocenters. The Bertz CT molecular complexity index is 777. The first-order chi connectivity index (χ1) is 9.70. The van der Waals surface area contributed by atoms with Gasteiger partial charge in [-0.1, -0.05) is 42.5 Å². The van der Waals surface area contributed by atoms with E-state index in [9.17, 15) is 4.39 Å². The standard InChI is InChI=1S/C18H15FS/c1-12-7-9-15(17(11-12)20-2)18-14-6-4-3-5-13(14)8-10-16(18)19/h3-11H,1-2H3. The van der Waals surface area contributed by atoms with Gasteiger partial charge >= 0.3 is 0 Å². The largest absolute Gasteiger partial charge is 0.206 e. The summed E-state index contributed by atoms with van der Waals surface area (Å²) in [5, 5.41) is 2.03. The Balaban J connectivity index is 2.37. The van der Waals surface area contributed by atoms with E-state index < -0.39 is 0 Å². The molecular weight excluding hydrogens is 267 g/mol. The average molecular weight is 282 g/mol. The van der Waals surface area contributed by atoms with Gasteiger partial charge in [-0.25, -0.2) is 4.39 Å². The highest BCUT2D eigenvalue weighted by Gasteiger charge is 2.13. The Morgan fingerprint density at radius 3 is 2.55 bits per heavy atom. The lowest BCUT2D eigenvalue weighted by Crippen LogP contribution is -1.90. The second-order valence-electron chi connectivity index (χ2n) is 4.85. The smallest absolute Gasteiger partial charge is 0.131 e. The topological polar surface area (TPSA) is 0 Å². The van der Waals surface area contributed by atoms with E-state index >= 15 is 0 Å². The molecule has 3 aromatic carbocycles. The maximum Gasteiger partial charge on any atom is 0.131 e. The molecule has 0 saturated carbocycles. The van der Waals surface area contributed by atoms with Gasteiger partial charge in [0.2, 0.25) is 0 Å². The minimum atomic E-state index is -0.164. The SMILES string of the molecule is CSc1cc(C)ccc1-c1c(F)ccc2ccccc12. The molecule has 0 aliphatic carbocycles. The number of thioether (sulfide) groups is 1. The van der Waals surface area contributed by atoms with E-state index in [1.54, 1.807) is 17.8 Å². The third-order valence-corrected chi connectivity index (χ3v) is 4.28. The van der Waals surface area contributed by atoms with Gasteiger partial charge in [0.25, 0.3) is 0 Å². The zero-order valence-corrected chi connectivity index (χ0v) is 12.3. The van der Waals surface area contributed by atoms with Crippen LogP contribution in [0.15, 0.2) is 59.5 Å². The predicted molar refractivity (Wildman–Crippen MR) is 85.9 cm³/mol. The van der Waals surface area contributed by atoms with E-state index in [0.717, 1.165) is 21.2 Å². The van der Waals surface area contributed by atoms with Crippen molar-refractivity contribution in [2.24, 2.45) is 0 Å². The molecule has 0 radical (unpaired) electrons. The molecule has 0 aliphatic heterocycles. The Hall–Kier alpha value is -1.80. The number of hydrogen-bond acceptors (Lipinski definition) is 1. The minimum Gasteiger partial charge on any atom is -0.206 e. The lowest BCUT2D eigenvalue weighted by Gasteiger charge is -2.12. The molecule has 0 amide bonds. The van der Waals surface area contributed by atoms with E-state index in [4.69, 9.17) is 0 Å². The van der Waals surface area contributed by atoms with Crippen molar-refractivity contribution >= 4 is 22.5 Å². The van der Waals surface area contributed by atoms with E-state index in [0.29, 0.717) is 5.56 Å². The van der Waals surface area contributed by atoms with Crippen molar-refractivity contribution in [2.75, 3.05) is 6.26 Å². The van der Waals surface area contributed by atoms with Gasteiger partial charge in [0.15, 0.2) is 0 Å². The highest BCUT2D eigenvalue weighted by atomic mass is 32.2. The second kappa shape index (κ2) is 5.29. The van der Waals surface area contributed by atoms with Crippen LogP contribution in [-0.4, -0.2) is 6.26 Å². The molecule has 0 spiro atoms. The number of halogens is 1. The normalized spacial score (nSPS) is 10.9. The van der Waals surface area contributed by atoms with E-state index in [-0.39, 0.29) is 5.82 Å². The van der Waals surface area contributed by atoms with Crippen LogP contribution in [-0.2, 0) is 0 Å². The summed E-state index contributed by atoms with van der Waals surface area (Å²) in [6.07, 6.45) is 2.03. The molecule has 20 heavy (non-hydrogen) atoms. The molecule has 0 bridgehead atoms. The van der Waals surface area contributed by atoms with Crippen LogP contribution in [0.3, 0.4) is 0 Å². The van der Waals surface area contributed by atoms with Gasteiger partial charge in [0, 0.05) is 10.5 Å². The van der Waals surface area contributed by atoms with Crippen molar-refractivity contribution in [1.29, 1.82) is 0 Å². The molecule has 2 heteroatoms. The monoisotopic (exact) mass is 282 g/mol. The highest BCUT2D eigenvalue weighted by Crippen LogP contribution is 2.37. The molecule has 0 N–H and O–H groups in total. The zero-order valence-electron chi connectivity index (χ0n) is 11.5. The van der Waals surface area contributed by atoms with Crippen LogP contribution >= 0.6 is 11.8 Å². The van der Waals surface area contributed by atoms with Crippen molar-refractivity contribution in [3.8, 4) is 11.1 Å². The molecule has 3 aromatic rings. The molecule has 0 aliphatic rings. The van der Waals surface area contributed by atoms with Gasteiger partial charge in [-0.15, -0.1) is 11.8 Å². The van der Waals surface area contributed by atoms with Crippen molar-refractivity contribution in [3.05, 3.63) is 66.0 Å². The van der Waals surface area contributed by atoms with E-state index in [2.05, 4.69) is 13.0 Å². The summed E-state index contributed by atoms with van der Waals surface area (Å²) in [6, 6.07) is 17.5. The van der Waals surface area contributed by atoms with Gasteiger partial charge in [-0.05, 0) is 47.2 Å². The van der Waals surface area contributed by atoms with Crippen molar-refractivity contribution in [3.63, 3.8) is 0 Å². The first kappa shape index (κ1) is 13.2. The molecule has 0 heterocycles. The first-order valence-corrected chi connectivity index (χ1v) is 7.75. The third-order valence-electron chi connectivity index (χ3n) is 3.50. The van der Waals surface area contributed by atoms with Crippen LogP contribution < -0.4 is 0 Å². The predicted octanol–water partition coefficient (Wildman–Crippen LogP) is 5.68. The van der Waals surface area contributed by atoms with Crippen LogP contribution in [0.25, 0.3) is 21.9 Å². The van der Waals surface area contributed by atoms with Gasteiger partial charge in [0.05, 0.1) is 0 Å². The lowest BCUT2D eigenvalue weighted by molar-refractivity contribution is 0.632. The fourth-order valence-electron chi connectivity index (χ4n) is 2.52. The number of hydrogen-bond donors (Lipinski definition) is 0. The van der Waals surface area contributed by atoms with Gasteiger partial charge in [-0.3, -0.25) is 0 Å². The van der Waals surface area contributed by atoms with Gasteiger partial charge in [-0.2, -0.15) is 0 Å². The Morgan fingerprint density at radius 2 is 1.75 bits per heavy atom. The van der Waals surface area contributed by atoms with Crippen LogP contribution in [0.5, 0.6) is 0 Å². The number of fused-ring (bicyclic) bond motifs is 1. The van der Waals surface area contributed by atoms with Crippen LogP contribution in [0.1, 0.15) is 5.56 Å². The fraction of sp³-hybridized carbons (Fsp3) is 0.111. The van der Waals surface area contributed by atoms with Crippen LogP contribution in [0.4, 0.5) is 4.39 Å². The lowest BCUT2D eigenvalue weighted by atomic mass is 9.97. The minimum absolute atomic E-state index is 0.164. The first-order valence-electron chi connectivity index (χ1n) is 6.53. The van der Waals surface area contributed by atoms with Crippen molar-refractivity contribution < 1.29 is 4.39 Å². The van der Waals surface area contributed by atoms with Gasteiger partial charge < -0.3 is 0 Å². The summed E-state index contributed by atoms with van der Waals surface area (Å²) >= 11 is 1.66. The summed E-state index contributed by atoms with van der Waals surface area (Å²) in [4.78, 5) is 1.11. The maximum atomic E-state index is 14.4. The number of rotatable bonds is 2. The molecule has 0 fully saturated rings. The van der Waals surface area contributed by atoms with Crippen LogP contribution in [0, 0.1) is 12.7 Å². The van der Waals surface area contributed by atoms with Crippen LogP contribution in [0.2, 0.25) is 0 Å². The molecule has 0 atom stereocenters. The average Bonchev–Trinajstić information content (AvgIpc) is 2.48. The Morgan fingerprint density at radius 1 is 0.950 bits per heavy atom. The Kier molecular flexibility index (Phi) is 3.49. The molecule has 100 valence electrons. The van der Waals surface area contributed by atoms with E-state index in [1.165, 1.54) is 5.56 Å². The molecule has 3 rings (SSSR count).